The van der Waals surface area contributed by atoms with Crippen molar-refractivity contribution in [3.63, 3.8) is 0 Å². The van der Waals surface area contributed by atoms with Gasteiger partial charge < -0.3 is 66.4 Å². The van der Waals surface area contributed by atoms with Gasteiger partial charge in [0.05, 0.1) is 78.0 Å². The monoisotopic (exact) mass is 1550 g/mol. The molecule has 0 saturated heterocycles. The van der Waals surface area contributed by atoms with E-state index in [2.05, 4.69) is 87.8 Å². The summed E-state index contributed by atoms with van der Waals surface area (Å²) in [6.07, 6.45) is 10.9. The van der Waals surface area contributed by atoms with Crippen LogP contribution in [-0.2, 0) is 96.4 Å². The van der Waals surface area contributed by atoms with Crippen LogP contribution in [0.15, 0.2) is 47.6 Å². The highest BCUT2D eigenvalue weighted by Crippen LogP contribution is 2.49. The van der Waals surface area contributed by atoms with E-state index in [1.807, 2.05) is 39.8 Å². The number of cyclic esters (lactones) is 2. The fraction of sp³-hybridized carbons (Fsp3) is 0.649. The summed E-state index contributed by atoms with van der Waals surface area (Å²) in [6.45, 7) is 43.6. The van der Waals surface area contributed by atoms with Crippen LogP contribution in [0, 0.1) is 25.7 Å². The Morgan fingerprint density at radius 2 is 0.893 bits per heavy atom. The van der Waals surface area contributed by atoms with E-state index in [9.17, 15) is 42.8 Å². The second kappa shape index (κ2) is 44.0. The van der Waals surface area contributed by atoms with Crippen molar-refractivity contribution >= 4 is 83.3 Å². The van der Waals surface area contributed by atoms with E-state index in [-0.39, 0.29) is 50.1 Å². The molecule has 2 heterocycles. The number of methoxy groups -OCH3 is 2. The zero-order valence-corrected chi connectivity index (χ0v) is 72.1. The number of aliphatic hydroxyl groups is 1. The molecule has 4 unspecified atom stereocenters. The van der Waals surface area contributed by atoms with E-state index in [4.69, 9.17) is 56.8 Å². The Bertz CT molecular complexity index is 3370. The Morgan fingerprint density at radius 1 is 0.524 bits per heavy atom. The molecular formula is C74H124O23P2Si4. The van der Waals surface area contributed by atoms with E-state index in [0.717, 1.165) is 68.7 Å². The maximum atomic E-state index is 13.4. The van der Waals surface area contributed by atoms with E-state index in [1.165, 1.54) is 28.1 Å². The van der Waals surface area contributed by atoms with Gasteiger partial charge in [-0.05, 0) is 129 Å². The minimum atomic E-state index is -3.67. The predicted molar refractivity (Wildman–Crippen MR) is 415 cm³/mol. The van der Waals surface area contributed by atoms with Crippen LogP contribution in [0.4, 0.5) is 0 Å². The van der Waals surface area contributed by atoms with Crippen molar-refractivity contribution in [2.45, 2.75) is 222 Å². The summed E-state index contributed by atoms with van der Waals surface area (Å²) < 4.78 is 96.4. The summed E-state index contributed by atoms with van der Waals surface area (Å²) in [5.41, 5.74) is 7.70. The van der Waals surface area contributed by atoms with Gasteiger partial charge >= 0.3 is 51.0 Å². The fourth-order valence-corrected chi connectivity index (χ4v) is 15.1. The third kappa shape index (κ3) is 33.9. The van der Waals surface area contributed by atoms with Crippen LogP contribution in [0.25, 0.3) is 0 Å². The molecule has 6 atom stereocenters. The number of rotatable bonds is 42. The molecular weight excluding hydrogens is 1430 g/mol. The fourth-order valence-electron chi connectivity index (χ4n) is 10.4. The first-order valence-corrected chi connectivity index (χ1v) is 53.9. The van der Waals surface area contributed by atoms with Crippen molar-refractivity contribution in [2.75, 3.05) is 80.4 Å². The summed E-state index contributed by atoms with van der Waals surface area (Å²) in [7, 11) is -7.22. The van der Waals surface area contributed by atoms with Gasteiger partial charge in [0.2, 0.25) is 0 Å². The molecule has 0 aromatic heterocycles. The van der Waals surface area contributed by atoms with Crippen molar-refractivity contribution in [1.29, 1.82) is 0 Å². The second-order valence-corrected chi connectivity index (χ2v) is 57.4. The molecule has 103 heavy (non-hydrogen) atoms. The first kappa shape index (κ1) is 93.6. The number of hydrogen-bond donors (Lipinski definition) is 2. The van der Waals surface area contributed by atoms with Crippen molar-refractivity contribution in [2.24, 2.45) is 11.8 Å². The van der Waals surface area contributed by atoms with Crippen LogP contribution in [0.1, 0.15) is 121 Å². The first-order valence-electron chi connectivity index (χ1n) is 35.5. The molecule has 584 valence electrons. The Morgan fingerprint density at radius 3 is 1.22 bits per heavy atom. The minimum Gasteiger partial charge on any atom is -0.496 e. The molecule has 0 spiro atoms. The number of ether oxygens (including phenoxy) is 10. The highest BCUT2D eigenvalue weighted by Gasteiger charge is 2.36. The normalized spacial score (nSPS) is 15.7. The molecule has 23 nitrogen and oxygen atoms in total. The number of hydrogen-bond acceptors (Lipinski definition) is 22. The molecule has 0 radical (unpaired) electrons. The van der Waals surface area contributed by atoms with Gasteiger partial charge in [-0.15, -0.1) is 0 Å². The van der Waals surface area contributed by atoms with Gasteiger partial charge in [-0.25, -0.2) is 19.2 Å². The molecule has 2 aliphatic rings. The average Bonchev–Trinajstić information content (AvgIpc) is 1.69. The summed E-state index contributed by atoms with van der Waals surface area (Å²) in [4.78, 5) is 84.3. The molecule has 2 aromatic rings. The predicted octanol–water partition coefficient (Wildman–Crippen LogP) is 16.0. The molecule has 2 aromatic carbocycles. The number of carbonyl (C=O) groups is 6. The average molecular weight is 1560 g/mol. The van der Waals surface area contributed by atoms with E-state index < -0.39 is 89.4 Å². The van der Waals surface area contributed by atoms with Gasteiger partial charge in [0, 0.05) is 68.8 Å². The molecule has 2 N–H and O–H groups in total. The van der Waals surface area contributed by atoms with Crippen LogP contribution in [-0.4, -0.2) is 171 Å². The second-order valence-electron chi connectivity index (χ2n) is 30.7. The molecule has 0 aliphatic carbocycles. The number of carbonyl (C=O) groups excluding carboxylic acids is 6. The van der Waals surface area contributed by atoms with Gasteiger partial charge in [0.25, 0.3) is 0 Å². The zero-order valence-electron chi connectivity index (χ0n) is 66.3. The highest BCUT2D eigenvalue weighted by molar-refractivity contribution is 7.54. The van der Waals surface area contributed by atoms with Gasteiger partial charge in [-0.2, -0.15) is 0 Å². The number of esters is 6. The topological polar surface area (TPSA) is 297 Å². The number of allylic oxidation sites excluding steroid dienone is 8. The SMILES string of the molecule is CCOC(=O)[C@H](C)O.CCOC(=O)[C@H](C)OP(=O)(C/C=C/CC(C/C(C)=C/Cc1c(OC)c(C)c2c(c1OCC[Si](C)(C)C)C(=O)OC2)C(=O)OCC[Si](C)(C)C)OC.COc1c(C)c2c(c(OCC[Si](C)(C)C)c1C/C=C(\C)CC(C/C=C/CP(=O)(O)OC)C(=O)OCC[Si](C)(C)C)C(=O)OC2. The Balaban J connectivity index is 0.000000637. The lowest BCUT2D eigenvalue weighted by atomic mass is 9.93. The van der Waals surface area contributed by atoms with Crippen LogP contribution in [0.2, 0.25) is 103 Å². The third-order valence-electron chi connectivity index (χ3n) is 16.7. The quantitative estimate of drug-likeness (QED) is 0.0205. The van der Waals surface area contributed by atoms with Gasteiger partial charge in [-0.1, -0.05) is 126 Å². The maximum Gasteiger partial charge on any atom is 0.342 e. The molecule has 0 fully saturated rings. The van der Waals surface area contributed by atoms with Crippen molar-refractivity contribution < 1.29 is 109 Å². The Hall–Kier alpha value is -5.45. The smallest absolute Gasteiger partial charge is 0.342 e. The Kier molecular flexibility index (Phi) is 40.0. The largest absolute Gasteiger partial charge is 0.496 e. The lowest BCUT2D eigenvalue weighted by Gasteiger charge is -2.22. The lowest BCUT2D eigenvalue weighted by Crippen LogP contribution is -2.25. The minimum absolute atomic E-state index is 0.0835. The van der Waals surface area contributed by atoms with Crippen LogP contribution >= 0.6 is 15.2 Å². The van der Waals surface area contributed by atoms with Gasteiger partial charge in [-0.3, -0.25) is 23.2 Å². The van der Waals surface area contributed by atoms with Crippen molar-refractivity contribution in [3.05, 3.63) is 92.1 Å². The zero-order chi connectivity index (χ0) is 78.4. The lowest BCUT2D eigenvalue weighted by molar-refractivity contribution is -0.152. The molecule has 0 bridgehead atoms. The summed E-state index contributed by atoms with van der Waals surface area (Å²) in [5, 5.41) is 8.48. The van der Waals surface area contributed by atoms with E-state index in [0.29, 0.717) is 106 Å². The number of fused-ring (bicyclic) bond motifs is 2. The molecule has 2 aliphatic heterocycles. The molecule has 0 saturated carbocycles. The Labute approximate surface area is 618 Å². The highest BCUT2D eigenvalue weighted by atomic mass is 31.2. The molecule has 29 heteroatoms. The molecule has 0 amide bonds. The van der Waals surface area contributed by atoms with E-state index >= 15 is 0 Å². The van der Waals surface area contributed by atoms with Crippen LogP contribution in [0.3, 0.4) is 0 Å². The van der Waals surface area contributed by atoms with Crippen molar-refractivity contribution in [3.8, 4) is 23.0 Å². The van der Waals surface area contributed by atoms with Crippen molar-refractivity contribution in [1.82, 2.24) is 0 Å². The summed E-state index contributed by atoms with van der Waals surface area (Å²) in [5.74, 6) is -1.18. The van der Waals surface area contributed by atoms with E-state index in [1.54, 1.807) is 52.4 Å². The molecule has 4 rings (SSSR count). The summed E-state index contributed by atoms with van der Waals surface area (Å²) in [6, 6.07) is 3.58. The van der Waals surface area contributed by atoms with Gasteiger partial charge in [0.1, 0.15) is 53.4 Å². The van der Waals surface area contributed by atoms with Gasteiger partial charge in [0.15, 0.2) is 6.10 Å². The standard InChI is InChI=1S/C37H61O11PSi2.C32H53O9PSi2.C5H10O3/c1-13-44-35(38)28(4)48-49(41,43-6)21-15-14-16-29(36(39)46-20-23-51(10,11)12)24-26(2)17-18-30-33(42-5)27(3)31-25-47-37(40)32(31)34(30)45-19-22-50(7,8)9;1-23(21-25(13-11-12-18-42(35,36)38-4)31(33)40-17-20-44(8,9)10)14-15-26-29(37-3)24(2)27-22-41-32(34)28(27)30(26)39-16-19-43(5,6)7;1-3-8-5(7)4(2)6/h14-15,17,28-29H,13,16,18-25H2,1-12H3;11-12,14,25H,13,15-22H2,1-10H3,(H,35,36);4,6H,3H2,1-2H3/b15-14+,26-17+;12-11+,23-14+;/t28-,29?,49?;;4-/m0.0/s1. The summed E-state index contributed by atoms with van der Waals surface area (Å²) >= 11 is 0. The maximum absolute atomic E-state index is 13.4. The third-order valence-corrected chi connectivity index (χ3v) is 26.6. The van der Waals surface area contributed by atoms with Crippen LogP contribution in [0.5, 0.6) is 23.0 Å². The first-order chi connectivity index (χ1) is 47.8. The number of benzene rings is 2. The number of aliphatic hydroxyl groups excluding tert-OH is 1. The van der Waals surface area contributed by atoms with Crippen LogP contribution < -0.4 is 18.9 Å².